The Kier molecular flexibility index (Phi) is 4.66. The lowest BCUT2D eigenvalue weighted by Crippen LogP contribution is -2.31. The molecule has 0 atom stereocenters. The maximum atomic E-state index is 12.7. The monoisotopic (exact) mass is 407 g/mol. The van der Waals surface area contributed by atoms with Crippen molar-refractivity contribution in [2.45, 2.75) is 19.1 Å². The number of pyridine rings is 1. The van der Waals surface area contributed by atoms with Gasteiger partial charge in [-0.1, -0.05) is 11.6 Å². The van der Waals surface area contributed by atoms with Gasteiger partial charge in [0.1, 0.15) is 11.6 Å². The van der Waals surface area contributed by atoms with Crippen molar-refractivity contribution in [3.05, 3.63) is 64.4 Å². The summed E-state index contributed by atoms with van der Waals surface area (Å²) in [6, 6.07) is 8.56. The minimum atomic E-state index is -4.35. The molecule has 5 nitrogen and oxygen atoms in total. The molecule has 1 aliphatic heterocycles. The van der Waals surface area contributed by atoms with Crippen LogP contribution in [-0.2, 0) is 26.2 Å². The number of benzene rings is 1. The first-order valence-corrected chi connectivity index (χ1v) is 9.05. The molecule has 2 aromatic heterocycles. The van der Waals surface area contributed by atoms with E-state index in [0.717, 1.165) is 48.0 Å². The number of alkyl halides is 3. The van der Waals surface area contributed by atoms with E-state index in [1.54, 1.807) is 23.0 Å². The van der Waals surface area contributed by atoms with E-state index in [1.165, 1.54) is 12.1 Å². The molecule has 0 spiro atoms. The van der Waals surface area contributed by atoms with Crippen LogP contribution in [0.15, 0.2) is 42.6 Å². The Bertz CT molecular complexity index is 998. The molecule has 0 saturated heterocycles. The van der Waals surface area contributed by atoms with Gasteiger partial charge in [0.15, 0.2) is 0 Å². The standard InChI is InChI=1S/C19H17ClF3N5/c1-27-17(25-13-6-4-12(5-7-13)19(21,22)23)14-8-10-28(11-16(14)26-27)18-15(20)3-2-9-24-18/h2-7,9,25H,8,10-11H2,1H3. The fourth-order valence-corrected chi connectivity index (χ4v) is 3.59. The van der Waals surface area contributed by atoms with E-state index in [9.17, 15) is 13.2 Å². The molecule has 4 rings (SSSR count). The Balaban J connectivity index is 1.56. The number of rotatable bonds is 3. The summed E-state index contributed by atoms with van der Waals surface area (Å²) in [5, 5.41) is 8.36. The predicted octanol–water partition coefficient (Wildman–Crippen LogP) is 4.79. The molecule has 0 radical (unpaired) electrons. The van der Waals surface area contributed by atoms with Crippen LogP contribution in [0.3, 0.4) is 0 Å². The second kappa shape index (κ2) is 7.01. The van der Waals surface area contributed by atoms with Crippen molar-refractivity contribution < 1.29 is 13.2 Å². The minimum Gasteiger partial charge on any atom is -0.349 e. The molecular formula is C19H17ClF3N5. The Morgan fingerprint density at radius 1 is 1.14 bits per heavy atom. The molecule has 3 heterocycles. The van der Waals surface area contributed by atoms with Crippen LogP contribution in [0.4, 0.5) is 30.5 Å². The van der Waals surface area contributed by atoms with Crippen LogP contribution < -0.4 is 10.2 Å². The van der Waals surface area contributed by atoms with E-state index in [4.69, 9.17) is 11.6 Å². The first kappa shape index (κ1) is 18.6. The van der Waals surface area contributed by atoms with Crippen LogP contribution in [-0.4, -0.2) is 21.3 Å². The average molecular weight is 408 g/mol. The molecule has 1 aromatic carbocycles. The number of fused-ring (bicyclic) bond motifs is 1. The Morgan fingerprint density at radius 2 is 1.89 bits per heavy atom. The fourth-order valence-electron chi connectivity index (χ4n) is 3.35. The van der Waals surface area contributed by atoms with E-state index in [0.29, 0.717) is 17.3 Å². The predicted molar refractivity (Wildman–Crippen MR) is 102 cm³/mol. The summed E-state index contributed by atoms with van der Waals surface area (Å²) in [6.07, 6.45) is -1.92. The van der Waals surface area contributed by atoms with E-state index in [2.05, 4.69) is 20.3 Å². The number of anilines is 3. The second-order valence-electron chi connectivity index (χ2n) is 6.58. The summed E-state index contributed by atoms with van der Waals surface area (Å²) >= 11 is 6.25. The first-order valence-electron chi connectivity index (χ1n) is 8.67. The summed E-state index contributed by atoms with van der Waals surface area (Å²) in [4.78, 5) is 6.42. The molecule has 28 heavy (non-hydrogen) atoms. The molecule has 0 unspecified atom stereocenters. The van der Waals surface area contributed by atoms with Gasteiger partial charge in [0.2, 0.25) is 0 Å². The fraction of sp³-hybridized carbons (Fsp3) is 0.263. The smallest absolute Gasteiger partial charge is 0.349 e. The van der Waals surface area contributed by atoms with E-state index in [-0.39, 0.29) is 0 Å². The van der Waals surface area contributed by atoms with Gasteiger partial charge in [-0.15, -0.1) is 0 Å². The number of nitrogens with one attached hydrogen (secondary N) is 1. The van der Waals surface area contributed by atoms with Gasteiger partial charge >= 0.3 is 6.18 Å². The van der Waals surface area contributed by atoms with E-state index < -0.39 is 11.7 Å². The van der Waals surface area contributed by atoms with Crippen LogP contribution in [0.25, 0.3) is 0 Å². The van der Waals surface area contributed by atoms with Crippen LogP contribution in [0.5, 0.6) is 0 Å². The minimum absolute atomic E-state index is 0.564. The lowest BCUT2D eigenvalue weighted by molar-refractivity contribution is -0.137. The van der Waals surface area contributed by atoms with Gasteiger partial charge in [0, 0.05) is 31.0 Å². The summed E-state index contributed by atoms with van der Waals surface area (Å²) in [5.41, 5.74) is 1.84. The molecular weight excluding hydrogens is 391 g/mol. The second-order valence-corrected chi connectivity index (χ2v) is 6.99. The van der Waals surface area contributed by atoms with Crippen molar-refractivity contribution in [2.75, 3.05) is 16.8 Å². The van der Waals surface area contributed by atoms with Crippen molar-refractivity contribution in [3.8, 4) is 0 Å². The van der Waals surface area contributed by atoms with Crippen molar-refractivity contribution in [2.24, 2.45) is 7.05 Å². The third-order valence-corrected chi connectivity index (χ3v) is 5.01. The Labute approximate surface area is 164 Å². The molecule has 0 saturated carbocycles. The zero-order chi connectivity index (χ0) is 19.9. The molecule has 1 aliphatic rings. The van der Waals surface area contributed by atoms with Crippen LogP contribution in [0.1, 0.15) is 16.8 Å². The van der Waals surface area contributed by atoms with Crippen LogP contribution in [0, 0.1) is 0 Å². The molecule has 0 bridgehead atoms. The Morgan fingerprint density at radius 3 is 2.57 bits per heavy atom. The van der Waals surface area contributed by atoms with Gasteiger partial charge in [0.25, 0.3) is 0 Å². The van der Waals surface area contributed by atoms with Gasteiger partial charge < -0.3 is 10.2 Å². The highest BCUT2D eigenvalue weighted by Crippen LogP contribution is 2.33. The highest BCUT2D eigenvalue weighted by Gasteiger charge is 2.30. The number of nitrogens with zero attached hydrogens (tertiary/aromatic N) is 4. The van der Waals surface area contributed by atoms with Gasteiger partial charge in [-0.3, -0.25) is 4.68 Å². The number of aryl methyl sites for hydroxylation is 1. The molecule has 3 aromatic rings. The van der Waals surface area contributed by atoms with Gasteiger partial charge in [-0.2, -0.15) is 18.3 Å². The van der Waals surface area contributed by atoms with Crippen molar-refractivity contribution in [3.63, 3.8) is 0 Å². The SMILES string of the molecule is Cn1nc2c(c1Nc1ccc(C(F)(F)F)cc1)CCN(c1ncccc1Cl)C2. The summed E-state index contributed by atoms with van der Waals surface area (Å²) in [7, 11) is 1.81. The molecule has 146 valence electrons. The largest absolute Gasteiger partial charge is 0.416 e. The Hall–Kier alpha value is -2.74. The quantitative estimate of drug-likeness (QED) is 0.677. The van der Waals surface area contributed by atoms with Crippen molar-refractivity contribution in [1.82, 2.24) is 14.8 Å². The number of halogens is 4. The summed E-state index contributed by atoms with van der Waals surface area (Å²) in [6.45, 7) is 1.28. The molecule has 0 aliphatic carbocycles. The summed E-state index contributed by atoms with van der Waals surface area (Å²) in [5.74, 6) is 1.50. The topological polar surface area (TPSA) is 46.0 Å². The zero-order valence-corrected chi connectivity index (χ0v) is 15.7. The van der Waals surface area contributed by atoms with E-state index in [1.807, 2.05) is 7.05 Å². The number of hydrogen-bond acceptors (Lipinski definition) is 4. The maximum Gasteiger partial charge on any atom is 0.416 e. The molecule has 9 heteroatoms. The first-order chi connectivity index (χ1) is 13.3. The van der Waals surface area contributed by atoms with Crippen LogP contribution >= 0.6 is 11.6 Å². The molecule has 0 fully saturated rings. The third-order valence-electron chi connectivity index (χ3n) is 4.71. The van der Waals surface area contributed by atoms with Gasteiger partial charge in [-0.25, -0.2) is 4.98 Å². The van der Waals surface area contributed by atoms with Gasteiger partial charge in [0.05, 0.1) is 22.8 Å². The molecule has 0 amide bonds. The lowest BCUT2D eigenvalue weighted by Gasteiger charge is -2.28. The highest BCUT2D eigenvalue weighted by atomic mass is 35.5. The maximum absolute atomic E-state index is 12.7. The third kappa shape index (κ3) is 3.52. The van der Waals surface area contributed by atoms with Crippen LogP contribution in [0.2, 0.25) is 5.02 Å². The van der Waals surface area contributed by atoms with Gasteiger partial charge in [-0.05, 0) is 42.8 Å². The normalized spacial score (nSPS) is 14.1. The van der Waals surface area contributed by atoms with Crippen molar-refractivity contribution in [1.29, 1.82) is 0 Å². The summed E-state index contributed by atoms with van der Waals surface area (Å²) < 4.78 is 39.9. The molecule has 1 N–H and O–H groups in total. The average Bonchev–Trinajstić information content (AvgIpc) is 2.96. The van der Waals surface area contributed by atoms with Crippen molar-refractivity contribution >= 4 is 28.9 Å². The number of aromatic nitrogens is 3. The van der Waals surface area contributed by atoms with E-state index >= 15 is 0 Å². The lowest BCUT2D eigenvalue weighted by atomic mass is 10.1. The highest BCUT2D eigenvalue weighted by molar-refractivity contribution is 6.32. The zero-order valence-electron chi connectivity index (χ0n) is 15.0. The number of hydrogen-bond donors (Lipinski definition) is 1.